The van der Waals surface area contributed by atoms with Gasteiger partial charge in [-0.15, -0.1) is 0 Å². The van der Waals surface area contributed by atoms with E-state index in [9.17, 15) is 24.0 Å². The van der Waals surface area contributed by atoms with Crippen molar-refractivity contribution in [2.75, 3.05) is 20.7 Å². The Labute approximate surface area is 415 Å². The number of nitrogens with one attached hydrogen (secondary N) is 4. The zero-order valence-electron chi connectivity index (χ0n) is 43.0. The van der Waals surface area contributed by atoms with Crippen molar-refractivity contribution in [2.24, 2.45) is 23.0 Å². The van der Waals surface area contributed by atoms with Gasteiger partial charge in [-0.2, -0.15) is 0 Å². The molecule has 9 atom stereocenters. The number of rotatable bonds is 16. The molecule has 3 aromatic carbocycles. The van der Waals surface area contributed by atoms with Crippen LogP contribution in [0, 0.1) is 17.3 Å². The van der Waals surface area contributed by atoms with E-state index in [1.54, 1.807) is 38.3 Å². The number of carbonyl (C=O) groups excluding carboxylic acids is 5. The van der Waals surface area contributed by atoms with Gasteiger partial charge in [0.2, 0.25) is 23.6 Å². The first-order valence-electron chi connectivity index (χ1n) is 25.7. The maximum absolute atomic E-state index is 14.7. The molecule has 8 rings (SSSR count). The smallest absolute Gasteiger partial charge is 0.481 e. The van der Waals surface area contributed by atoms with E-state index in [2.05, 4.69) is 80.2 Å². The number of nitrogens with two attached hydrogens (primary N) is 1. The maximum atomic E-state index is 14.7. The SMILES string of the molecule is CCCCc1ccc(-c2ccc(C(=O)N[C@@H](CCCCN)C(=O)N(C)[C@@H]3C(=O)N[C@@H](C)C(=O)N[C@H](C(=O)N[C@@H](C)B4O[C@]5(C)C[C@@H]6C[C@@H](C6(C)C)[C@]5(C)O4)CCCCc4cc3ccc4OC)cc2)cc1. The number of hydrogen-bond acceptors (Lipinski definition) is 9. The Balaban J connectivity index is 1.06. The second kappa shape index (κ2) is 22.0. The van der Waals surface area contributed by atoms with E-state index in [1.165, 1.54) is 17.5 Å². The van der Waals surface area contributed by atoms with E-state index < -0.39 is 72.1 Å². The molecule has 378 valence electrons. The molecule has 3 saturated carbocycles. The molecule has 3 aromatic rings. The molecule has 4 bridgehead atoms. The molecule has 5 aliphatic rings. The van der Waals surface area contributed by atoms with Crippen LogP contribution in [0.5, 0.6) is 5.75 Å². The fraction of sp³-hybridized carbons (Fsp3) is 0.582. The number of fused-ring (bicyclic) bond motifs is 2. The van der Waals surface area contributed by atoms with Crippen molar-refractivity contribution >= 4 is 36.7 Å². The summed E-state index contributed by atoms with van der Waals surface area (Å²) in [6.07, 6.45) is 8.89. The van der Waals surface area contributed by atoms with Crippen molar-refractivity contribution in [2.45, 2.75) is 167 Å². The summed E-state index contributed by atoms with van der Waals surface area (Å²) in [6, 6.07) is 16.9. The third kappa shape index (κ3) is 11.0. The summed E-state index contributed by atoms with van der Waals surface area (Å²) in [5.74, 6) is -1.43. The van der Waals surface area contributed by atoms with E-state index in [0.29, 0.717) is 73.8 Å². The van der Waals surface area contributed by atoms with Gasteiger partial charge in [0, 0.05) is 12.6 Å². The summed E-state index contributed by atoms with van der Waals surface area (Å²) < 4.78 is 19.1. The van der Waals surface area contributed by atoms with Crippen LogP contribution >= 0.6 is 0 Å². The first-order chi connectivity index (χ1) is 33.3. The van der Waals surface area contributed by atoms with E-state index in [4.69, 9.17) is 19.8 Å². The highest BCUT2D eigenvalue weighted by Gasteiger charge is 2.73. The maximum Gasteiger partial charge on any atom is 0.481 e. The molecule has 2 heterocycles. The molecule has 3 aliphatic carbocycles. The number of nitrogens with zero attached hydrogens (tertiary/aromatic N) is 1. The first kappa shape index (κ1) is 52.6. The Kier molecular flexibility index (Phi) is 16.5. The summed E-state index contributed by atoms with van der Waals surface area (Å²) in [4.78, 5) is 72.6. The monoisotopic (exact) mass is 961 g/mol. The summed E-state index contributed by atoms with van der Waals surface area (Å²) in [5.41, 5.74) is 10.1. The number of unbranched alkanes of at least 4 members (excludes halogenated alkanes) is 2. The standard InChI is InChI=1S/C55H77BN6O8/c1-10-11-16-36-20-22-37(23-21-36)38-24-26-39(27-25-38)49(64)61-44(19-14-15-30-57)52(67)62(8)47-41-28-29-45(68-9)40(31-41)17-12-13-18-43(60-48(63)34(2)58-51(47)66)50(65)59-35(3)56-69-54(6)33-42-32-46(53(42,4)5)55(54,7)70-56/h20-29,31,34-35,42-44,46-47H,10-19,30,32-33,57H2,1-9H3,(H,58,66)(H,59,65)(H,60,63)(H,61,64)/t34-,35-,42-,43-,44-,46-,47-,54+,55-/m0/s1. The Morgan fingerprint density at radius 3 is 2.27 bits per heavy atom. The molecule has 2 aliphatic heterocycles. The quantitative estimate of drug-likeness (QED) is 0.0743. The molecular formula is C55H77BN6O8. The van der Waals surface area contributed by atoms with E-state index >= 15 is 0 Å². The van der Waals surface area contributed by atoms with Crippen LogP contribution in [0.1, 0.15) is 146 Å². The van der Waals surface area contributed by atoms with Crippen LogP contribution in [0.2, 0.25) is 0 Å². The summed E-state index contributed by atoms with van der Waals surface area (Å²) in [5, 5.41) is 11.8. The van der Waals surface area contributed by atoms with Crippen LogP contribution in [-0.4, -0.2) is 97.5 Å². The van der Waals surface area contributed by atoms with Crippen molar-refractivity contribution in [3.05, 3.63) is 89.0 Å². The highest BCUT2D eigenvalue weighted by molar-refractivity contribution is 6.48. The average molecular weight is 961 g/mol. The number of hydrogen-bond donors (Lipinski definition) is 5. The van der Waals surface area contributed by atoms with E-state index in [0.717, 1.165) is 48.8 Å². The van der Waals surface area contributed by atoms with Gasteiger partial charge >= 0.3 is 7.12 Å². The number of aryl methyl sites for hydroxylation is 2. The van der Waals surface area contributed by atoms with Crippen LogP contribution in [-0.2, 0) is 41.3 Å². The molecule has 15 heteroatoms. The van der Waals surface area contributed by atoms with Crippen molar-refractivity contribution in [3.63, 3.8) is 0 Å². The van der Waals surface area contributed by atoms with Gasteiger partial charge in [-0.05, 0) is 168 Å². The largest absolute Gasteiger partial charge is 0.496 e. The fourth-order valence-electron chi connectivity index (χ4n) is 11.6. The molecule has 6 N–H and O–H groups in total. The van der Waals surface area contributed by atoms with Crippen molar-refractivity contribution in [1.82, 2.24) is 26.2 Å². The molecule has 5 amide bonds. The van der Waals surface area contributed by atoms with Gasteiger partial charge in [-0.1, -0.05) is 76.1 Å². The van der Waals surface area contributed by atoms with Crippen LogP contribution in [0.15, 0.2) is 66.7 Å². The summed E-state index contributed by atoms with van der Waals surface area (Å²) in [7, 11) is 2.45. The zero-order valence-corrected chi connectivity index (χ0v) is 43.0. The number of ether oxygens (including phenoxy) is 1. The Bertz CT molecular complexity index is 2360. The summed E-state index contributed by atoms with van der Waals surface area (Å²) in [6.45, 7) is 14.9. The van der Waals surface area contributed by atoms with Crippen LogP contribution in [0.4, 0.5) is 0 Å². The van der Waals surface area contributed by atoms with Gasteiger partial charge in [-0.3, -0.25) is 24.0 Å². The number of likely N-dealkylation sites (N-methyl/N-ethyl adjacent to an activating group) is 1. The highest BCUT2D eigenvalue weighted by Crippen LogP contribution is 2.69. The Morgan fingerprint density at radius 2 is 1.61 bits per heavy atom. The van der Waals surface area contributed by atoms with Crippen molar-refractivity contribution < 1.29 is 38.0 Å². The molecule has 4 fully saturated rings. The third-order valence-corrected chi connectivity index (χ3v) is 16.3. The Morgan fingerprint density at radius 1 is 0.914 bits per heavy atom. The zero-order chi connectivity index (χ0) is 50.5. The van der Waals surface area contributed by atoms with E-state index in [-0.39, 0.29) is 17.7 Å². The highest BCUT2D eigenvalue weighted by atomic mass is 16.7. The molecular weight excluding hydrogens is 883 g/mol. The van der Waals surface area contributed by atoms with Gasteiger partial charge in [0.05, 0.1) is 24.3 Å². The lowest BCUT2D eigenvalue weighted by Gasteiger charge is -2.67. The van der Waals surface area contributed by atoms with Crippen molar-refractivity contribution in [1.29, 1.82) is 0 Å². The minimum absolute atomic E-state index is 0.151. The van der Waals surface area contributed by atoms with E-state index in [1.807, 2.05) is 25.1 Å². The molecule has 70 heavy (non-hydrogen) atoms. The number of amides is 5. The predicted octanol–water partition coefficient (Wildman–Crippen LogP) is 7.01. The minimum atomic E-state index is -1.20. The minimum Gasteiger partial charge on any atom is -0.496 e. The lowest BCUT2D eigenvalue weighted by molar-refractivity contribution is -0.235. The molecule has 14 nitrogen and oxygen atoms in total. The molecule has 0 radical (unpaired) electrons. The van der Waals surface area contributed by atoms with Gasteiger partial charge < -0.3 is 45.9 Å². The predicted molar refractivity (Wildman–Crippen MR) is 273 cm³/mol. The molecule has 0 aromatic heterocycles. The van der Waals surface area contributed by atoms with Crippen LogP contribution in [0.3, 0.4) is 0 Å². The lowest BCUT2D eigenvalue weighted by atomic mass is 9.41. The average Bonchev–Trinajstić information content (AvgIpc) is 3.64. The molecule has 1 saturated heterocycles. The number of methoxy groups -OCH3 is 1. The van der Waals surface area contributed by atoms with Crippen molar-refractivity contribution in [3.8, 4) is 16.9 Å². The topological polar surface area (TPSA) is 190 Å². The Hall–Kier alpha value is -5.25. The third-order valence-electron chi connectivity index (χ3n) is 16.3. The number of carbonyl (C=O) groups is 5. The lowest BCUT2D eigenvalue weighted by Crippen LogP contribution is -2.70. The van der Waals surface area contributed by atoms with Crippen LogP contribution < -0.4 is 31.7 Å². The van der Waals surface area contributed by atoms with Gasteiger partial charge in [-0.25, -0.2) is 0 Å². The summed E-state index contributed by atoms with van der Waals surface area (Å²) >= 11 is 0. The van der Waals surface area contributed by atoms with Crippen LogP contribution in [0.25, 0.3) is 11.1 Å². The number of benzene rings is 3. The van der Waals surface area contributed by atoms with Gasteiger partial charge in [0.25, 0.3) is 5.91 Å². The molecule has 0 unspecified atom stereocenters. The molecule has 0 spiro atoms. The normalized spacial score (nSPS) is 27.1. The second-order valence-corrected chi connectivity index (χ2v) is 21.4. The first-order valence-corrected chi connectivity index (χ1v) is 25.7. The van der Waals surface area contributed by atoms with Gasteiger partial charge in [0.15, 0.2) is 0 Å². The second-order valence-electron chi connectivity index (χ2n) is 21.4. The fourth-order valence-corrected chi connectivity index (χ4v) is 11.6. The van der Waals surface area contributed by atoms with Gasteiger partial charge in [0.1, 0.15) is 29.9 Å².